The van der Waals surface area contributed by atoms with E-state index in [2.05, 4.69) is 16.4 Å². The molecule has 0 bridgehead atoms. The number of aryl methyl sites for hydroxylation is 1. The fraction of sp³-hybridized carbons (Fsp3) is 0.118. The molecule has 3 nitrogen and oxygen atoms in total. The predicted molar refractivity (Wildman–Crippen MR) is 82.0 cm³/mol. The monoisotopic (exact) mass is 281 g/mol. The molecule has 2 aromatic carbocycles. The van der Waals surface area contributed by atoms with Gasteiger partial charge >= 0.3 is 0 Å². The van der Waals surface area contributed by atoms with Gasteiger partial charge in [-0.25, -0.2) is 9.37 Å². The summed E-state index contributed by atoms with van der Waals surface area (Å²) in [6.45, 7) is 2.58. The first-order chi connectivity index (χ1) is 10.2. The summed E-state index contributed by atoms with van der Waals surface area (Å²) in [7, 11) is 0. The van der Waals surface area contributed by atoms with Gasteiger partial charge in [0.1, 0.15) is 5.82 Å². The fourth-order valence-corrected chi connectivity index (χ4v) is 2.24. The summed E-state index contributed by atoms with van der Waals surface area (Å²) in [5.41, 5.74) is 4.11. The van der Waals surface area contributed by atoms with Gasteiger partial charge in [0.05, 0.1) is 6.33 Å². The van der Waals surface area contributed by atoms with E-state index in [0.717, 1.165) is 22.5 Å². The molecule has 0 amide bonds. The van der Waals surface area contributed by atoms with Gasteiger partial charge in [0, 0.05) is 30.3 Å². The van der Waals surface area contributed by atoms with Gasteiger partial charge in [0.15, 0.2) is 0 Å². The number of hydrogen-bond acceptors (Lipinski definition) is 2. The Kier molecular flexibility index (Phi) is 3.69. The summed E-state index contributed by atoms with van der Waals surface area (Å²) in [5, 5.41) is 3.37. The van der Waals surface area contributed by atoms with Crippen LogP contribution in [0.5, 0.6) is 0 Å². The highest BCUT2D eigenvalue weighted by Gasteiger charge is 2.01. The second-order valence-corrected chi connectivity index (χ2v) is 4.94. The molecule has 1 aromatic heterocycles. The molecule has 1 N–H and O–H groups in total. The first-order valence-corrected chi connectivity index (χ1v) is 6.80. The molecular formula is C17H16FN3. The quantitative estimate of drug-likeness (QED) is 0.785. The molecule has 4 heteroatoms. The molecule has 0 aliphatic rings. The first-order valence-electron chi connectivity index (χ1n) is 6.80. The summed E-state index contributed by atoms with van der Waals surface area (Å²) in [6.07, 6.45) is 5.43. The van der Waals surface area contributed by atoms with Crippen LogP contribution >= 0.6 is 0 Å². The predicted octanol–water partition coefficient (Wildman–Crippen LogP) is 3.93. The Balaban J connectivity index is 1.75. The maximum Gasteiger partial charge on any atom is 0.123 e. The molecule has 0 unspecified atom stereocenters. The number of nitrogens with one attached hydrogen (secondary N) is 1. The molecule has 0 saturated heterocycles. The van der Waals surface area contributed by atoms with Gasteiger partial charge in [-0.3, -0.25) is 0 Å². The van der Waals surface area contributed by atoms with Crippen LogP contribution < -0.4 is 5.32 Å². The summed E-state index contributed by atoms with van der Waals surface area (Å²) >= 11 is 0. The van der Waals surface area contributed by atoms with Crippen LogP contribution in [-0.2, 0) is 6.54 Å². The standard InChI is InChI=1S/C17H16FN3/c1-13-9-15(18)6-5-14(13)11-20-16-3-2-4-17(10-16)21-8-7-19-12-21/h2-10,12,20H,11H2,1H3. The molecule has 0 fully saturated rings. The van der Waals surface area contributed by atoms with Crippen LogP contribution in [0.3, 0.4) is 0 Å². The third-order valence-corrected chi connectivity index (χ3v) is 3.44. The average molecular weight is 281 g/mol. The zero-order valence-electron chi connectivity index (χ0n) is 11.8. The van der Waals surface area contributed by atoms with Crippen molar-refractivity contribution >= 4 is 5.69 Å². The molecule has 1 heterocycles. The van der Waals surface area contributed by atoms with Crippen LogP contribution in [0.25, 0.3) is 5.69 Å². The smallest absolute Gasteiger partial charge is 0.123 e. The van der Waals surface area contributed by atoms with E-state index < -0.39 is 0 Å². The zero-order valence-corrected chi connectivity index (χ0v) is 11.8. The number of anilines is 1. The fourth-order valence-electron chi connectivity index (χ4n) is 2.24. The lowest BCUT2D eigenvalue weighted by molar-refractivity contribution is 0.625. The first kappa shape index (κ1) is 13.4. The third kappa shape index (κ3) is 3.11. The summed E-state index contributed by atoms with van der Waals surface area (Å²) in [5.74, 6) is -0.196. The van der Waals surface area contributed by atoms with E-state index >= 15 is 0 Å². The van der Waals surface area contributed by atoms with Gasteiger partial charge in [0.2, 0.25) is 0 Å². The van der Waals surface area contributed by atoms with Crippen LogP contribution in [0.1, 0.15) is 11.1 Å². The highest BCUT2D eigenvalue weighted by Crippen LogP contribution is 2.17. The molecular weight excluding hydrogens is 265 g/mol. The minimum atomic E-state index is -0.196. The van der Waals surface area contributed by atoms with Crippen molar-refractivity contribution in [1.82, 2.24) is 9.55 Å². The van der Waals surface area contributed by atoms with Gasteiger partial charge in [-0.05, 0) is 48.4 Å². The summed E-state index contributed by atoms with van der Waals surface area (Å²) in [4.78, 5) is 4.05. The minimum Gasteiger partial charge on any atom is -0.381 e. The number of rotatable bonds is 4. The number of halogens is 1. The number of nitrogens with zero attached hydrogens (tertiary/aromatic N) is 2. The highest BCUT2D eigenvalue weighted by atomic mass is 19.1. The Morgan fingerprint density at radius 1 is 1.19 bits per heavy atom. The molecule has 0 radical (unpaired) electrons. The molecule has 106 valence electrons. The van der Waals surface area contributed by atoms with Gasteiger partial charge in [-0.1, -0.05) is 12.1 Å². The number of hydrogen-bond donors (Lipinski definition) is 1. The molecule has 3 aromatic rings. The van der Waals surface area contributed by atoms with Gasteiger partial charge in [-0.15, -0.1) is 0 Å². The Hall–Kier alpha value is -2.62. The van der Waals surface area contributed by atoms with E-state index in [4.69, 9.17) is 0 Å². The topological polar surface area (TPSA) is 29.9 Å². The Morgan fingerprint density at radius 3 is 2.86 bits per heavy atom. The van der Waals surface area contributed by atoms with E-state index in [9.17, 15) is 4.39 Å². The van der Waals surface area contributed by atoms with E-state index in [1.54, 1.807) is 18.6 Å². The van der Waals surface area contributed by atoms with Crippen molar-refractivity contribution in [3.05, 3.63) is 78.1 Å². The summed E-state index contributed by atoms with van der Waals surface area (Å²) < 4.78 is 15.0. The number of imidazole rings is 1. The molecule has 3 rings (SSSR count). The lowest BCUT2D eigenvalue weighted by Gasteiger charge is -2.11. The van der Waals surface area contributed by atoms with Crippen LogP contribution in [0.15, 0.2) is 61.2 Å². The van der Waals surface area contributed by atoms with Gasteiger partial charge in [0.25, 0.3) is 0 Å². The molecule has 0 aliphatic carbocycles. The van der Waals surface area contributed by atoms with Crippen LogP contribution in [0.2, 0.25) is 0 Å². The van der Waals surface area contributed by atoms with Crippen LogP contribution in [-0.4, -0.2) is 9.55 Å². The highest BCUT2D eigenvalue weighted by molar-refractivity contribution is 5.51. The van der Waals surface area contributed by atoms with Crippen LogP contribution in [0.4, 0.5) is 10.1 Å². The van der Waals surface area contributed by atoms with Crippen molar-refractivity contribution in [2.75, 3.05) is 5.32 Å². The lowest BCUT2D eigenvalue weighted by atomic mass is 10.1. The molecule has 0 saturated carbocycles. The van der Waals surface area contributed by atoms with Crippen molar-refractivity contribution in [3.8, 4) is 5.69 Å². The molecule has 21 heavy (non-hydrogen) atoms. The van der Waals surface area contributed by atoms with Crippen molar-refractivity contribution in [2.45, 2.75) is 13.5 Å². The Bertz CT molecular complexity index is 736. The van der Waals surface area contributed by atoms with E-state index in [-0.39, 0.29) is 5.82 Å². The Morgan fingerprint density at radius 2 is 2.10 bits per heavy atom. The maximum absolute atomic E-state index is 13.1. The normalized spacial score (nSPS) is 10.6. The van der Waals surface area contributed by atoms with E-state index in [1.165, 1.54) is 6.07 Å². The average Bonchev–Trinajstić information content (AvgIpc) is 3.01. The summed E-state index contributed by atoms with van der Waals surface area (Å²) in [6, 6.07) is 13.0. The maximum atomic E-state index is 13.1. The van der Waals surface area contributed by atoms with E-state index in [0.29, 0.717) is 6.54 Å². The third-order valence-electron chi connectivity index (χ3n) is 3.44. The molecule has 0 atom stereocenters. The molecule has 0 aliphatic heterocycles. The number of aromatic nitrogens is 2. The largest absolute Gasteiger partial charge is 0.381 e. The SMILES string of the molecule is Cc1cc(F)ccc1CNc1cccc(-n2ccnc2)c1. The van der Waals surface area contributed by atoms with Crippen LogP contribution in [0, 0.1) is 12.7 Å². The second-order valence-electron chi connectivity index (χ2n) is 4.94. The van der Waals surface area contributed by atoms with Crippen molar-refractivity contribution < 1.29 is 4.39 Å². The van der Waals surface area contributed by atoms with Crippen molar-refractivity contribution in [3.63, 3.8) is 0 Å². The van der Waals surface area contributed by atoms with E-state index in [1.807, 2.05) is 42.0 Å². The van der Waals surface area contributed by atoms with Crippen molar-refractivity contribution in [1.29, 1.82) is 0 Å². The molecule has 0 spiro atoms. The Labute approximate surface area is 123 Å². The zero-order chi connectivity index (χ0) is 14.7. The second kappa shape index (κ2) is 5.79. The lowest BCUT2D eigenvalue weighted by Crippen LogP contribution is -2.02. The van der Waals surface area contributed by atoms with Crippen molar-refractivity contribution in [2.24, 2.45) is 0 Å². The van der Waals surface area contributed by atoms with Gasteiger partial charge < -0.3 is 9.88 Å². The minimum absolute atomic E-state index is 0.196. The number of benzene rings is 2. The van der Waals surface area contributed by atoms with Gasteiger partial charge in [-0.2, -0.15) is 0 Å².